The van der Waals surface area contributed by atoms with Gasteiger partial charge in [0, 0.05) is 6.15 Å². The molecular weight excluding hydrogens is 151 g/mol. The van der Waals surface area contributed by atoms with Crippen LogP contribution in [0.3, 0.4) is 0 Å². The summed E-state index contributed by atoms with van der Waals surface area (Å²) in [6.45, 7) is 0. The third-order valence-electron chi connectivity index (χ3n) is 0.171. The van der Waals surface area contributed by atoms with Crippen LogP contribution in [0, 0.1) is 0 Å². The number of nitrogens with zero attached hydrogens (tertiary/aromatic N) is 2. The van der Waals surface area contributed by atoms with E-state index in [2.05, 4.69) is 17.0 Å². The number of thiocarbonyl (C=S) groups is 1. The topological polar surface area (TPSA) is 100 Å². The number of hydrogen-bond donors (Lipinski definition) is 2. The zero-order valence-electron chi connectivity index (χ0n) is 3.55. The first-order chi connectivity index (χ1) is 3.06. The molecule has 0 atom stereocenters. The van der Waals surface area contributed by atoms with E-state index in [4.69, 9.17) is 9.79 Å². The molecule has 45 valence electrons. The van der Waals surface area contributed by atoms with Crippen LogP contribution < -0.4 is 6.15 Å². The van der Waals surface area contributed by atoms with E-state index < -0.39 is 7.75 Å². The maximum absolute atomic E-state index is 9.63. The van der Waals surface area contributed by atoms with Gasteiger partial charge in [-0.2, -0.15) is 0 Å². The minimum Gasteiger partial charge on any atom is -0.306 e. The maximum Gasteiger partial charge on any atom is 0.457 e. The van der Waals surface area contributed by atoms with Gasteiger partial charge in [-0.15, -0.1) is 4.76 Å². The molecule has 0 aliphatic rings. The second kappa shape index (κ2) is 3.86. The second-order valence-corrected chi connectivity index (χ2v) is 2.11. The van der Waals surface area contributed by atoms with Crippen molar-refractivity contribution in [1.29, 1.82) is 0 Å². The molecule has 0 heterocycles. The van der Waals surface area contributed by atoms with E-state index in [0.29, 0.717) is 0 Å². The lowest BCUT2D eigenvalue weighted by Gasteiger charge is -1.85. The van der Waals surface area contributed by atoms with Gasteiger partial charge in [0.05, 0.1) is 5.16 Å². The maximum atomic E-state index is 9.63. The van der Waals surface area contributed by atoms with Crippen molar-refractivity contribution in [2.45, 2.75) is 0 Å². The Morgan fingerprint density at radius 3 is 2.00 bits per heavy atom. The van der Waals surface area contributed by atoms with Gasteiger partial charge in [-0.3, -0.25) is 0 Å². The van der Waals surface area contributed by atoms with Crippen molar-refractivity contribution in [1.82, 2.24) is 6.15 Å². The molecule has 7 heteroatoms. The summed E-state index contributed by atoms with van der Waals surface area (Å²) in [4.78, 5) is 15.7. The minimum absolute atomic E-state index is 0. The summed E-state index contributed by atoms with van der Waals surface area (Å²) in [5.41, 5.74) is 0. The SMILES string of the molecule is O=P(O)(O)N=C=S.[N]. The summed E-state index contributed by atoms with van der Waals surface area (Å²) in [6.07, 6.45) is 0. The van der Waals surface area contributed by atoms with Crippen molar-refractivity contribution in [3.63, 3.8) is 0 Å². The van der Waals surface area contributed by atoms with Gasteiger partial charge >= 0.3 is 7.75 Å². The molecule has 0 aromatic rings. The molecule has 3 radical (unpaired) electrons. The molecule has 0 unspecified atom stereocenters. The van der Waals surface area contributed by atoms with Crippen molar-refractivity contribution in [3.8, 4) is 0 Å². The highest BCUT2D eigenvalue weighted by Crippen LogP contribution is 2.34. The van der Waals surface area contributed by atoms with Gasteiger partial charge in [0.15, 0.2) is 0 Å². The molecule has 0 fully saturated rings. The highest BCUT2D eigenvalue weighted by Gasteiger charge is 2.06. The summed E-state index contributed by atoms with van der Waals surface area (Å²) in [5.74, 6) is 0. The molecule has 0 aliphatic carbocycles. The Balaban J connectivity index is 0. The van der Waals surface area contributed by atoms with Gasteiger partial charge in [-0.1, -0.05) is 0 Å². The Bertz CT molecular complexity index is 145. The Hall–Kier alpha value is -0.0900. The van der Waals surface area contributed by atoms with Crippen LogP contribution in [0.15, 0.2) is 4.76 Å². The predicted octanol–water partition coefficient (Wildman–Crippen LogP) is -0.299. The lowest BCUT2D eigenvalue weighted by Crippen LogP contribution is -1.65. The van der Waals surface area contributed by atoms with Crippen molar-refractivity contribution in [2.75, 3.05) is 0 Å². The van der Waals surface area contributed by atoms with Crippen LogP contribution in [0.1, 0.15) is 0 Å². The molecule has 0 aromatic carbocycles. The van der Waals surface area contributed by atoms with E-state index in [1.54, 1.807) is 5.16 Å². The summed E-state index contributed by atoms with van der Waals surface area (Å²) < 4.78 is 12.1. The number of rotatable bonds is 1. The van der Waals surface area contributed by atoms with Gasteiger partial charge in [0.2, 0.25) is 0 Å². The van der Waals surface area contributed by atoms with Crippen molar-refractivity contribution in [3.05, 3.63) is 0 Å². The summed E-state index contributed by atoms with van der Waals surface area (Å²) in [6, 6.07) is 0. The van der Waals surface area contributed by atoms with E-state index in [-0.39, 0.29) is 6.15 Å². The Kier molecular flexibility index (Phi) is 5.21. The molecule has 0 spiro atoms. The monoisotopic (exact) mass is 153 g/mol. The van der Waals surface area contributed by atoms with E-state index >= 15 is 0 Å². The van der Waals surface area contributed by atoms with Crippen molar-refractivity contribution in [2.24, 2.45) is 4.76 Å². The quantitative estimate of drug-likeness (QED) is 0.307. The zero-order chi connectivity index (χ0) is 5.91. The van der Waals surface area contributed by atoms with E-state index in [0.717, 1.165) is 0 Å². The number of hydrogen-bond acceptors (Lipinski definition) is 2. The summed E-state index contributed by atoms with van der Waals surface area (Å²) in [7, 11) is -4.26. The fourth-order valence-electron chi connectivity index (χ4n) is 0.0532. The average Bonchev–Trinajstić information content (AvgIpc) is 1.30. The van der Waals surface area contributed by atoms with Crippen LogP contribution in [-0.4, -0.2) is 14.9 Å². The number of isothiocyanates is 1. The van der Waals surface area contributed by atoms with E-state index in [9.17, 15) is 4.57 Å². The van der Waals surface area contributed by atoms with Crippen LogP contribution in [0.5, 0.6) is 0 Å². The van der Waals surface area contributed by atoms with Gasteiger partial charge < -0.3 is 9.79 Å². The standard InChI is InChI=1S/CH2NO3PS.N/c3-6(4,5)2-1-7;/h(H2,3,4,5);. The molecule has 0 rings (SSSR count). The second-order valence-electron chi connectivity index (χ2n) is 0.705. The fraction of sp³-hybridized carbons (Fsp3) is 0. The van der Waals surface area contributed by atoms with E-state index in [1.165, 1.54) is 0 Å². The largest absolute Gasteiger partial charge is 0.457 e. The van der Waals surface area contributed by atoms with Gasteiger partial charge in [-0.05, 0) is 12.2 Å². The third kappa shape index (κ3) is 9.32. The van der Waals surface area contributed by atoms with Crippen LogP contribution in [0.2, 0.25) is 0 Å². The summed E-state index contributed by atoms with van der Waals surface area (Å²) >= 11 is 3.89. The van der Waals surface area contributed by atoms with Gasteiger partial charge in [0.1, 0.15) is 0 Å². The molecule has 0 amide bonds. The molecule has 5 nitrogen and oxygen atoms in total. The zero-order valence-corrected chi connectivity index (χ0v) is 5.26. The molecule has 0 bridgehead atoms. The van der Waals surface area contributed by atoms with E-state index in [1.807, 2.05) is 0 Å². The predicted molar refractivity (Wildman–Crippen MR) is 29.2 cm³/mol. The van der Waals surface area contributed by atoms with Gasteiger partial charge in [-0.25, -0.2) is 4.57 Å². The Morgan fingerprint density at radius 2 is 2.00 bits per heavy atom. The smallest absolute Gasteiger partial charge is 0.306 e. The highest BCUT2D eigenvalue weighted by molar-refractivity contribution is 7.78. The molecule has 8 heavy (non-hydrogen) atoms. The van der Waals surface area contributed by atoms with Crippen LogP contribution in [-0.2, 0) is 4.57 Å². The average molecular weight is 153 g/mol. The fourth-order valence-corrected chi connectivity index (χ4v) is 0.479. The minimum atomic E-state index is -4.26. The molecule has 0 saturated carbocycles. The van der Waals surface area contributed by atoms with Crippen LogP contribution >= 0.6 is 20.0 Å². The molecular formula is CH2N2O3PS. The lowest BCUT2D eigenvalue weighted by molar-refractivity contribution is 0.375. The molecule has 0 aromatic heterocycles. The molecule has 0 saturated heterocycles. The van der Waals surface area contributed by atoms with Crippen LogP contribution in [0.25, 0.3) is 0 Å². The molecule has 2 N–H and O–H groups in total. The first kappa shape index (κ1) is 10.8. The van der Waals surface area contributed by atoms with Crippen molar-refractivity contribution >= 4 is 25.1 Å². The summed E-state index contributed by atoms with van der Waals surface area (Å²) in [5, 5.41) is 1.55. The first-order valence-corrected chi connectivity index (χ1v) is 3.18. The third-order valence-corrected chi connectivity index (χ3v) is 0.758. The lowest BCUT2D eigenvalue weighted by atomic mass is 11.8. The highest BCUT2D eigenvalue weighted by atomic mass is 32.1. The molecule has 0 aliphatic heterocycles. The first-order valence-electron chi connectivity index (χ1n) is 1.21. The van der Waals surface area contributed by atoms with Crippen LogP contribution in [0.4, 0.5) is 0 Å². The van der Waals surface area contributed by atoms with Crippen molar-refractivity contribution < 1.29 is 14.4 Å². The Morgan fingerprint density at radius 1 is 1.62 bits per heavy atom. The van der Waals surface area contributed by atoms with Gasteiger partial charge in [0.25, 0.3) is 0 Å². The normalized spacial score (nSPS) is 8.75. The Labute approximate surface area is 51.2 Å².